The molecule has 8 nitrogen and oxygen atoms in total. The zero-order valence-electron chi connectivity index (χ0n) is 26.9. The molecule has 0 spiro atoms. The summed E-state index contributed by atoms with van der Waals surface area (Å²) in [5.74, 6) is -0.451. The maximum absolute atomic E-state index is 14.6. The standard InChI is InChI=1S/C36H38Cl3N3O5S/c1-4-25(3)40-36(44)34(21-26-9-7-6-8-10-26)41(23-27-11-12-29(38)22-33(27)39)35(43)24-42(30-15-17-31(18-16-30)47-5-2)48(45,46)32-19-13-28(37)14-20-32/h6-20,22,25,34H,4-5,21,23-24H2,1-3H3,(H,40,44)/t25-,34+/m1/s1. The highest BCUT2D eigenvalue weighted by Crippen LogP contribution is 2.29. The number of rotatable bonds is 15. The molecule has 2 amide bonds. The first kappa shape index (κ1) is 37.1. The van der Waals surface area contributed by atoms with Gasteiger partial charge in [-0.15, -0.1) is 0 Å². The van der Waals surface area contributed by atoms with Crippen LogP contribution in [0.5, 0.6) is 5.75 Å². The average Bonchev–Trinajstić information content (AvgIpc) is 3.07. The molecule has 0 saturated heterocycles. The highest BCUT2D eigenvalue weighted by molar-refractivity contribution is 7.92. The highest BCUT2D eigenvalue weighted by atomic mass is 35.5. The van der Waals surface area contributed by atoms with Gasteiger partial charge in [0.2, 0.25) is 11.8 Å². The molecule has 0 saturated carbocycles. The molecule has 2 atom stereocenters. The Balaban J connectivity index is 1.83. The predicted molar refractivity (Wildman–Crippen MR) is 192 cm³/mol. The smallest absolute Gasteiger partial charge is 0.264 e. The second-order valence-corrected chi connectivity index (χ2v) is 14.3. The fourth-order valence-electron chi connectivity index (χ4n) is 4.97. The molecule has 4 aromatic carbocycles. The van der Waals surface area contributed by atoms with E-state index in [9.17, 15) is 18.0 Å². The number of carbonyl (C=O) groups is 2. The average molecular weight is 731 g/mol. The van der Waals surface area contributed by atoms with Crippen molar-refractivity contribution in [3.63, 3.8) is 0 Å². The van der Waals surface area contributed by atoms with Gasteiger partial charge in [0.25, 0.3) is 10.0 Å². The predicted octanol–water partition coefficient (Wildman–Crippen LogP) is 7.80. The number of anilines is 1. The molecule has 0 aromatic heterocycles. The van der Waals surface area contributed by atoms with Gasteiger partial charge in [0, 0.05) is 34.1 Å². The van der Waals surface area contributed by atoms with Crippen LogP contribution in [0.4, 0.5) is 5.69 Å². The van der Waals surface area contributed by atoms with Crippen LogP contribution >= 0.6 is 34.8 Å². The SMILES string of the molecule is CCOc1ccc(N(CC(=O)N(Cc2ccc(Cl)cc2Cl)[C@@H](Cc2ccccc2)C(=O)N[C@H](C)CC)S(=O)(=O)c2ccc(Cl)cc2)cc1. The van der Waals surface area contributed by atoms with Crippen molar-refractivity contribution in [1.82, 2.24) is 10.2 Å². The van der Waals surface area contributed by atoms with Gasteiger partial charge in [-0.25, -0.2) is 8.42 Å². The van der Waals surface area contributed by atoms with Crippen molar-refractivity contribution in [2.45, 2.75) is 57.1 Å². The molecule has 4 aromatic rings. The van der Waals surface area contributed by atoms with E-state index in [-0.39, 0.29) is 35.5 Å². The molecule has 0 fully saturated rings. The fraction of sp³-hybridized carbons (Fsp3) is 0.278. The number of nitrogens with zero attached hydrogens (tertiary/aromatic N) is 2. The van der Waals surface area contributed by atoms with E-state index < -0.39 is 28.5 Å². The second-order valence-electron chi connectivity index (χ2n) is 11.2. The maximum atomic E-state index is 14.6. The molecule has 0 radical (unpaired) electrons. The van der Waals surface area contributed by atoms with E-state index in [4.69, 9.17) is 39.5 Å². The van der Waals surface area contributed by atoms with Crippen LogP contribution in [-0.2, 0) is 32.6 Å². The topological polar surface area (TPSA) is 96.0 Å². The molecule has 0 unspecified atom stereocenters. The molecule has 254 valence electrons. The number of amides is 2. The quantitative estimate of drug-likeness (QED) is 0.135. The Bertz CT molecular complexity index is 1790. The van der Waals surface area contributed by atoms with Crippen LogP contribution in [0, 0.1) is 0 Å². The summed E-state index contributed by atoms with van der Waals surface area (Å²) in [4.78, 5) is 29.9. The summed E-state index contributed by atoms with van der Waals surface area (Å²) in [5.41, 5.74) is 1.59. The van der Waals surface area contributed by atoms with Gasteiger partial charge in [-0.05, 0) is 92.1 Å². The number of nitrogens with one attached hydrogen (secondary N) is 1. The van der Waals surface area contributed by atoms with E-state index in [1.165, 1.54) is 29.2 Å². The van der Waals surface area contributed by atoms with Gasteiger partial charge in [-0.2, -0.15) is 0 Å². The Morgan fingerprint density at radius 2 is 1.50 bits per heavy atom. The van der Waals surface area contributed by atoms with Crippen LogP contribution in [0.2, 0.25) is 15.1 Å². The van der Waals surface area contributed by atoms with Crippen molar-refractivity contribution in [1.29, 1.82) is 0 Å². The van der Waals surface area contributed by atoms with Gasteiger partial charge in [-0.3, -0.25) is 13.9 Å². The Labute approximate surface area is 297 Å². The summed E-state index contributed by atoms with van der Waals surface area (Å²) >= 11 is 18.8. The van der Waals surface area contributed by atoms with Gasteiger partial charge >= 0.3 is 0 Å². The molecule has 48 heavy (non-hydrogen) atoms. The van der Waals surface area contributed by atoms with E-state index in [1.807, 2.05) is 51.1 Å². The molecular weight excluding hydrogens is 693 g/mol. The van der Waals surface area contributed by atoms with Crippen molar-refractivity contribution in [2.75, 3.05) is 17.5 Å². The van der Waals surface area contributed by atoms with Crippen molar-refractivity contribution >= 4 is 62.3 Å². The van der Waals surface area contributed by atoms with E-state index in [0.29, 0.717) is 39.4 Å². The molecule has 0 aliphatic carbocycles. The van der Waals surface area contributed by atoms with Crippen molar-refractivity contribution in [3.05, 3.63) is 123 Å². The minimum absolute atomic E-state index is 0.0590. The summed E-state index contributed by atoms with van der Waals surface area (Å²) in [6, 6.07) is 25.2. The monoisotopic (exact) mass is 729 g/mol. The fourth-order valence-corrected chi connectivity index (χ4v) is 6.97. The van der Waals surface area contributed by atoms with Crippen LogP contribution in [0.3, 0.4) is 0 Å². The van der Waals surface area contributed by atoms with Gasteiger partial charge in [-0.1, -0.05) is 78.1 Å². The van der Waals surface area contributed by atoms with Gasteiger partial charge in [0.05, 0.1) is 17.2 Å². The summed E-state index contributed by atoms with van der Waals surface area (Å²) in [6.07, 6.45) is 0.846. The first-order valence-electron chi connectivity index (χ1n) is 15.5. The van der Waals surface area contributed by atoms with Gasteiger partial charge in [0.15, 0.2) is 0 Å². The second kappa shape index (κ2) is 17.1. The summed E-state index contributed by atoms with van der Waals surface area (Å²) in [6.45, 7) is 5.39. The van der Waals surface area contributed by atoms with E-state index >= 15 is 0 Å². The first-order valence-corrected chi connectivity index (χ1v) is 18.1. The summed E-state index contributed by atoms with van der Waals surface area (Å²) in [7, 11) is -4.30. The zero-order chi connectivity index (χ0) is 34.8. The minimum Gasteiger partial charge on any atom is -0.494 e. The third-order valence-electron chi connectivity index (χ3n) is 7.74. The first-order chi connectivity index (χ1) is 22.9. The lowest BCUT2D eigenvalue weighted by atomic mass is 10.0. The Morgan fingerprint density at radius 3 is 2.10 bits per heavy atom. The number of sulfonamides is 1. The van der Waals surface area contributed by atoms with Crippen LogP contribution < -0.4 is 14.4 Å². The molecule has 0 aliphatic heterocycles. The van der Waals surface area contributed by atoms with Crippen molar-refractivity contribution in [2.24, 2.45) is 0 Å². The molecular formula is C36H38Cl3N3O5S. The molecule has 0 aliphatic rings. The highest BCUT2D eigenvalue weighted by Gasteiger charge is 2.35. The summed E-state index contributed by atoms with van der Waals surface area (Å²) < 4.78 is 35.0. The third-order valence-corrected chi connectivity index (χ3v) is 10.4. The third kappa shape index (κ3) is 9.66. The van der Waals surface area contributed by atoms with E-state index in [2.05, 4.69) is 5.32 Å². The normalized spacial score (nSPS) is 12.5. The van der Waals surface area contributed by atoms with Crippen molar-refractivity contribution < 1.29 is 22.7 Å². The number of hydrogen-bond acceptors (Lipinski definition) is 5. The maximum Gasteiger partial charge on any atom is 0.264 e. The Hall–Kier alpha value is -3.76. The van der Waals surface area contributed by atoms with Crippen molar-refractivity contribution in [3.8, 4) is 5.75 Å². The number of carbonyl (C=O) groups excluding carboxylic acids is 2. The Kier molecular flexibility index (Phi) is 13.2. The van der Waals surface area contributed by atoms with E-state index in [1.54, 1.807) is 42.5 Å². The lowest BCUT2D eigenvalue weighted by Crippen LogP contribution is -2.54. The number of halogens is 3. The largest absolute Gasteiger partial charge is 0.494 e. The number of benzene rings is 4. The summed E-state index contributed by atoms with van der Waals surface area (Å²) in [5, 5.41) is 4.09. The van der Waals surface area contributed by atoms with E-state index in [0.717, 1.165) is 9.87 Å². The lowest BCUT2D eigenvalue weighted by molar-refractivity contribution is -0.140. The number of ether oxygens (including phenoxy) is 1. The molecule has 0 bridgehead atoms. The van der Waals surface area contributed by atoms with Crippen LogP contribution in [0.15, 0.2) is 102 Å². The van der Waals surface area contributed by atoms with Crippen LogP contribution in [0.25, 0.3) is 0 Å². The minimum atomic E-state index is -4.30. The van der Waals surface area contributed by atoms with Gasteiger partial charge in [0.1, 0.15) is 18.3 Å². The zero-order valence-corrected chi connectivity index (χ0v) is 30.0. The lowest BCUT2D eigenvalue weighted by Gasteiger charge is -2.34. The van der Waals surface area contributed by atoms with Crippen LogP contribution in [0.1, 0.15) is 38.3 Å². The molecule has 0 heterocycles. The molecule has 12 heteroatoms. The van der Waals surface area contributed by atoms with Crippen LogP contribution in [-0.4, -0.2) is 50.4 Å². The number of hydrogen-bond donors (Lipinski definition) is 1. The Morgan fingerprint density at radius 1 is 0.854 bits per heavy atom. The molecule has 1 N–H and O–H groups in total. The molecule has 4 rings (SSSR count). The van der Waals surface area contributed by atoms with Gasteiger partial charge < -0.3 is 15.0 Å².